The van der Waals surface area contributed by atoms with Crippen LogP contribution in [0.3, 0.4) is 0 Å². The van der Waals surface area contributed by atoms with Crippen LogP contribution in [-0.2, 0) is 0 Å². The molecule has 1 aromatic carbocycles. The van der Waals surface area contributed by atoms with E-state index in [1.807, 2.05) is 32.0 Å². The van der Waals surface area contributed by atoms with E-state index >= 15 is 0 Å². The third-order valence-electron chi connectivity index (χ3n) is 2.12. The van der Waals surface area contributed by atoms with Gasteiger partial charge in [0.1, 0.15) is 0 Å². The summed E-state index contributed by atoms with van der Waals surface area (Å²) in [5.41, 5.74) is 0.949. The SMILES string of the molecule is CC(C)(CO)CNc1ccc(Cl)cc1I. The van der Waals surface area contributed by atoms with Crippen LogP contribution in [0.1, 0.15) is 13.8 Å². The number of anilines is 1. The Morgan fingerprint density at radius 1 is 1.47 bits per heavy atom. The predicted molar refractivity (Wildman–Crippen MR) is 73.5 cm³/mol. The maximum atomic E-state index is 9.12. The molecule has 1 rings (SSSR count). The molecule has 0 fully saturated rings. The van der Waals surface area contributed by atoms with Gasteiger partial charge in [-0.3, -0.25) is 0 Å². The van der Waals surface area contributed by atoms with Gasteiger partial charge in [-0.15, -0.1) is 0 Å². The highest BCUT2D eigenvalue weighted by molar-refractivity contribution is 14.1. The summed E-state index contributed by atoms with van der Waals surface area (Å²) in [6.07, 6.45) is 0. The van der Waals surface area contributed by atoms with Crippen LogP contribution in [0.2, 0.25) is 5.02 Å². The third kappa shape index (κ3) is 4.17. The minimum absolute atomic E-state index is 0.108. The van der Waals surface area contributed by atoms with Gasteiger partial charge in [0.25, 0.3) is 0 Å². The van der Waals surface area contributed by atoms with E-state index in [2.05, 4.69) is 27.9 Å². The number of benzene rings is 1. The van der Waals surface area contributed by atoms with E-state index in [1.54, 1.807) is 0 Å². The molecule has 0 saturated carbocycles. The summed E-state index contributed by atoms with van der Waals surface area (Å²) in [7, 11) is 0. The van der Waals surface area contributed by atoms with Gasteiger partial charge in [-0.1, -0.05) is 25.4 Å². The number of halogens is 2. The van der Waals surface area contributed by atoms with Crippen molar-refractivity contribution in [3.8, 4) is 0 Å². The zero-order chi connectivity index (χ0) is 11.5. The van der Waals surface area contributed by atoms with E-state index in [4.69, 9.17) is 16.7 Å². The van der Waals surface area contributed by atoms with Crippen LogP contribution in [0.25, 0.3) is 0 Å². The summed E-state index contributed by atoms with van der Waals surface area (Å²) in [6.45, 7) is 4.94. The molecule has 4 heteroatoms. The van der Waals surface area contributed by atoms with Gasteiger partial charge in [0.05, 0.1) is 0 Å². The molecular weight excluding hydrogens is 324 g/mol. The molecule has 2 N–H and O–H groups in total. The molecule has 15 heavy (non-hydrogen) atoms. The molecule has 0 aliphatic heterocycles. The Kier molecular flexibility index (Phi) is 4.67. The van der Waals surface area contributed by atoms with Crippen molar-refractivity contribution in [3.63, 3.8) is 0 Å². The van der Waals surface area contributed by atoms with E-state index in [9.17, 15) is 0 Å². The van der Waals surface area contributed by atoms with E-state index in [0.717, 1.165) is 20.8 Å². The molecule has 0 aliphatic carbocycles. The van der Waals surface area contributed by atoms with Crippen LogP contribution >= 0.6 is 34.2 Å². The summed E-state index contributed by atoms with van der Waals surface area (Å²) in [5, 5.41) is 13.2. The lowest BCUT2D eigenvalue weighted by molar-refractivity contribution is 0.171. The number of hydrogen-bond donors (Lipinski definition) is 2. The quantitative estimate of drug-likeness (QED) is 0.824. The Morgan fingerprint density at radius 2 is 2.13 bits per heavy atom. The van der Waals surface area contributed by atoms with Crippen molar-refractivity contribution in [1.82, 2.24) is 0 Å². The molecule has 2 nitrogen and oxygen atoms in total. The number of nitrogens with one attached hydrogen (secondary N) is 1. The fraction of sp³-hybridized carbons (Fsp3) is 0.455. The second kappa shape index (κ2) is 5.37. The smallest absolute Gasteiger partial charge is 0.0498 e. The Hall–Kier alpha value is -0.000000000000000111. The van der Waals surface area contributed by atoms with E-state index < -0.39 is 0 Å². The minimum atomic E-state index is -0.108. The standard InChI is InChI=1S/C11H15ClINO/c1-11(2,7-15)6-14-10-4-3-8(12)5-9(10)13/h3-5,14-15H,6-7H2,1-2H3. The maximum Gasteiger partial charge on any atom is 0.0498 e. The molecule has 0 saturated heterocycles. The molecule has 84 valence electrons. The molecule has 0 radical (unpaired) electrons. The maximum absolute atomic E-state index is 9.12. The molecule has 0 atom stereocenters. The van der Waals surface area contributed by atoms with Crippen molar-refractivity contribution in [2.24, 2.45) is 5.41 Å². The lowest BCUT2D eigenvalue weighted by atomic mass is 9.95. The van der Waals surface area contributed by atoms with E-state index in [-0.39, 0.29) is 12.0 Å². The van der Waals surface area contributed by atoms with Gasteiger partial charge in [-0.05, 0) is 40.8 Å². The second-order valence-electron chi connectivity index (χ2n) is 4.30. The topological polar surface area (TPSA) is 32.3 Å². The molecule has 0 aliphatic rings. The van der Waals surface area contributed by atoms with Gasteiger partial charge < -0.3 is 10.4 Å². The lowest BCUT2D eigenvalue weighted by Crippen LogP contribution is -2.27. The van der Waals surface area contributed by atoms with Crippen LogP contribution in [0.15, 0.2) is 18.2 Å². The van der Waals surface area contributed by atoms with Crippen molar-refractivity contribution in [3.05, 3.63) is 26.8 Å². The van der Waals surface area contributed by atoms with Crippen molar-refractivity contribution in [2.45, 2.75) is 13.8 Å². The first-order valence-corrected chi connectivity index (χ1v) is 6.20. The Morgan fingerprint density at radius 3 is 2.67 bits per heavy atom. The molecule has 0 bridgehead atoms. The first-order chi connectivity index (χ1) is 6.94. The molecule has 0 amide bonds. The van der Waals surface area contributed by atoms with Gasteiger partial charge >= 0.3 is 0 Å². The summed E-state index contributed by atoms with van der Waals surface area (Å²) >= 11 is 8.10. The van der Waals surface area contributed by atoms with Gasteiger partial charge in [0.15, 0.2) is 0 Å². The van der Waals surface area contributed by atoms with Gasteiger partial charge in [-0.2, -0.15) is 0 Å². The largest absolute Gasteiger partial charge is 0.396 e. The first-order valence-electron chi connectivity index (χ1n) is 4.74. The Bertz CT molecular complexity index is 341. The predicted octanol–water partition coefficient (Wildman–Crippen LogP) is 3.38. The molecule has 0 aromatic heterocycles. The number of rotatable bonds is 4. The van der Waals surface area contributed by atoms with Crippen LogP contribution in [0.4, 0.5) is 5.69 Å². The first kappa shape index (κ1) is 13.1. The highest BCUT2D eigenvalue weighted by Gasteiger charge is 2.16. The second-order valence-corrected chi connectivity index (χ2v) is 5.90. The van der Waals surface area contributed by atoms with Crippen LogP contribution in [0, 0.1) is 8.99 Å². The van der Waals surface area contributed by atoms with Crippen molar-refractivity contribution < 1.29 is 5.11 Å². The summed E-state index contributed by atoms with van der Waals surface area (Å²) in [4.78, 5) is 0. The summed E-state index contributed by atoms with van der Waals surface area (Å²) in [6, 6.07) is 5.73. The van der Waals surface area contributed by atoms with E-state index in [0.29, 0.717) is 0 Å². The molecule has 0 spiro atoms. The van der Waals surface area contributed by atoms with Crippen LogP contribution < -0.4 is 5.32 Å². The molecule has 0 heterocycles. The number of aliphatic hydroxyl groups is 1. The van der Waals surface area contributed by atoms with Crippen molar-refractivity contribution >= 4 is 39.9 Å². The van der Waals surface area contributed by atoms with Gasteiger partial charge in [-0.25, -0.2) is 0 Å². The number of aliphatic hydroxyl groups excluding tert-OH is 1. The van der Waals surface area contributed by atoms with Crippen LogP contribution in [-0.4, -0.2) is 18.3 Å². The lowest BCUT2D eigenvalue weighted by Gasteiger charge is -2.23. The normalized spacial score (nSPS) is 11.5. The minimum Gasteiger partial charge on any atom is -0.396 e. The Labute approximate surface area is 109 Å². The highest BCUT2D eigenvalue weighted by atomic mass is 127. The average molecular weight is 340 g/mol. The van der Waals surface area contributed by atoms with Gasteiger partial charge in [0.2, 0.25) is 0 Å². The van der Waals surface area contributed by atoms with Crippen molar-refractivity contribution in [1.29, 1.82) is 0 Å². The zero-order valence-electron chi connectivity index (χ0n) is 8.85. The molecular formula is C11H15ClINO. The fourth-order valence-corrected chi connectivity index (χ4v) is 2.09. The van der Waals surface area contributed by atoms with Crippen molar-refractivity contribution in [2.75, 3.05) is 18.5 Å². The zero-order valence-corrected chi connectivity index (χ0v) is 11.8. The Balaban J connectivity index is 2.66. The highest BCUT2D eigenvalue weighted by Crippen LogP contribution is 2.23. The monoisotopic (exact) mass is 339 g/mol. The van der Waals surface area contributed by atoms with E-state index in [1.165, 1.54) is 0 Å². The van der Waals surface area contributed by atoms with Gasteiger partial charge in [0, 0.05) is 32.8 Å². The number of hydrogen-bond acceptors (Lipinski definition) is 2. The summed E-state index contributed by atoms with van der Waals surface area (Å²) in [5.74, 6) is 0. The van der Waals surface area contributed by atoms with Crippen LogP contribution in [0.5, 0.6) is 0 Å². The molecule has 1 aromatic rings. The average Bonchev–Trinajstić information content (AvgIpc) is 2.16. The third-order valence-corrected chi connectivity index (χ3v) is 3.24. The fourth-order valence-electron chi connectivity index (χ4n) is 1.02. The summed E-state index contributed by atoms with van der Waals surface area (Å²) < 4.78 is 1.09. The molecule has 0 unspecified atom stereocenters.